The SMILES string of the molecule is CCOCCn1c(=NC(=O)Cc2ccc(SC)cc2)sc2cc([N+](=O)[O-])ccc21. The van der Waals surface area contributed by atoms with Crippen LogP contribution in [0.4, 0.5) is 5.69 Å². The number of aromatic nitrogens is 1. The molecule has 0 fully saturated rings. The van der Waals surface area contributed by atoms with Gasteiger partial charge in [0.05, 0.1) is 28.2 Å². The van der Waals surface area contributed by atoms with E-state index in [1.54, 1.807) is 17.8 Å². The predicted molar refractivity (Wildman–Crippen MR) is 115 cm³/mol. The Labute approximate surface area is 176 Å². The Kier molecular flexibility index (Phi) is 7.18. The molecule has 29 heavy (non-hydrogen) atoms. The van der Waals surface area contributed by atoms with E-state index in [1.807, 2.05) is 42.0 Å². The third kappa shape index (κ3) is 5.31. The number of nitro groups is 1. The molecule has 152 valence electrons. The monoisotopic (exact) mass is 431 g/mol. The Bertz CT molecular complexity index is 1090. The van der Waals surface area contributed by atoms with Gasteiger partial charge in [0.15, 0.2) is 4.80 Å². The number of nitro benzene ring substituents is 1. The summed E-state index contributed by atoms with van der Waals surface area (Å²) in [5, 5.41) is 11.1. The van der Waals surface area contributed by atoms with Gasteiger partial charge in [0.1, 0.15) is 0 Å². The second kappa shape index (κ2) is 9.82. The van der Waals surface area contributed by atoms with E-state index in [-0.39, 0.29) is 18.0 Å². The number of carbonyl (C=O) groups is 1. The molecule has 0 atom stereocenters. The first kappa shape index (κ1) is 21.2. The van der Waals surface area contributed by atoms with Gasteiger partial charge in [-0.1, -0.05) is 23.5 Å². The smallest absolute Gasteiger partial charge is 0.270 e. The zero-order chi connectivity index (χ0) is 20.8. The lowest BCUT2D eigenvalue weighted by Gasteiger charge is -2.05. The maximum atomic E-state index is 12.6. The molecule has 0 aliphatic carbocycles. The molecule has 0 aliphatic rings. The summed E-state index contributed by atoms with van der Waals surface area (Å²) in [7, 11) is 0. The van der Waals surface area contributed by atoms with Crippen molar-refractivity contribution in [1.82, 2.24) is 4.57 Å². The highest BCUT2D eigenvalue weighted by molar-refractivity contribution is 7.98. The minimum atomic E-state index is -0.427. The van der Waals surface area contributed by atoms with Crippen molar-refractivity contribution in [3.05, 3.63) is 62.9 Å². The number of thiazole rings is 1. The molecule has 3 aromatic rings. The van der Waals surface area contributed by atoms with Crippen LogP contribution < -0.4 is 4.80 Å². The molecule has 0 bridgehead atoms. The molecule has 1 amide bonds. The summed E-state index contributed by atoms with van der Waals surface area (Å²) < 4.78 is 8.04. The van der Waals surface area contributed by atoms with Crippen LogP contribution in [0.5, 0.6) is 0 Å². The fourth-order valence-electron chi connectivity index (χ4n) is 2.84. The number of benzene rings is 2. The maximum absolute atomic E-state index is 12.6. The topological polar surface area (TPSA) is 86.7 Å². The Hall–Kier alpha value is -2.49. The third-order valence-corrected chi connectivity index (χ3v) is 6.06. The van der Waals surface area contributed by atoms with Crippen LogP contribution in [0.1, 0.15) is 12.5 Å². The molecule has 1 heterocycles. The van der Waals surface area contributed by atoms with Crippen molar-refractivity contribution in [2.45, 2.75) is 24.8 Å². The minimum Gasteiger partial charge on any atom is -0.380 e. The molecule has 0 radical (unpaired) electrons. The zero-order valence-electron chi connectivity index (χ0n) is 16.2. The largest absolute Gasteiger partial charge is 0.380 e. The van der Waals surface area contributed by atoms with E-state index in [2.05, 4.69) is 4.99 Å². The second-order valence-electron chi connectivity index (χ2n) is 6.17. The summed E-state index contributed by atoms with van der Waals surface area (Å²) in [5.41, 5.74) is 1.72. The number of fused-ring (bicyclic) bond motifs is 1. The number of amides is 1. The summed E-state index contributed by atoms with van der Waals surface area (Å²) >= 11 is 2.92. The highest BCUT2D eigenvalue weighted by Crippen LogP contribution is 2.23. The van der Waals surface area contributed by atoms with Crippen LogP contribution in [0.2, 0.25) is 0 Å². The van der Waals surface area contributed by atoms with Crippen LogP contribution in [0.3, 0.4) is 0 Å². The third-order valence-electron chi connectivity index (χ3n) is 4.28. The van der Waals surface area contributed by atoms with E-state index in [9.17, 15) is 14.9 Å². The maximum Gasteiger partial charge on any atom is 0.270 e. The van der Waals surface area contributed by atoms with Gasteiger partial charge in [0.25, 0.3) is 11.6 Å². The average Bonchev–Trinajstić information content (AvgIpc) is 3.05. The van der Waals surface area contributed by atoms with Gasteiger partial charge in [-0.15, -0.1) is 11.8 Å². The van der Waals surface area contributed by atoms with Crippen LogP contribution >= 0.6 is 23.1 Å². The molecule has 9 heteroatoms. The highest BCUT2D eigenvalue weighted by atomic mass is 32.2. The van der Waals surface area contributed by atoms with Gasteiger partial charge in [-0.25, -0.2) is 0 Å². The van der Waals surface area contributed by atoms with E-state index in [0.29, 0.717) is 29.3 Å². The molecule has 0 saturated carbocycles. The molecule has 0 N–H and O–H groups in total. The molecule has 0 saturated heterocycles. The summed E-state index contributed by atoms with van der Waals surface area (Å²) in [6.07, 6.45) is 2.21. The van der Waals surface area contributed by atoms with Crippen molar-refractivity contribution in [3.8, 4) is 0 Å². The Morgan fingerprint density at radius 3 is 2.69 bits per heavy atom. The van der Waals surface area contributed by atoms with E-state index < -0.39 is 4.92 Å². The number of hydrogen-bond donors (Lipinski definition) is 0. The number of ether oxygens (including phenoxy) is 1. The lowest BCUT2D eigenvalue weighted by atomic mass is 10.1. The quantitative estimate of drug-likeness (QED) is 0.232. The molecule has 3 rings (SSSR count). The highest BCUT2D eigenvalue weighted by Gasteiger charge is 2.13. The van der Waals surface area contributed by atoms with Crippen molar-refractivity contribution >= 4 is 44.9 Å². The van der Waals surface area contributed by atoms with Crippen LogP contribution in [0, 0.1) is 10.1 Å². The van der Waals surface area contributed by atoms with Crippen molar-refractivity contribution in [2.24, 2.45) is 4.99 Å². The van der Waals surface area contributed by atoms with Crippen LogP contribution in [-0.2, 0) is 22.5 Å². The van der Waals surface area contributed by atoms with Crippen LogP contribution in [0.15, 0.2) is 52.4 Å². The Balaban J connectivity index is 1.94. The summed E-state index contributed by atoms with van der Waals surface area (Å²) in [6.45, 7) is 3.49. The van der Waals surface area contributed by atoms with E-state index in [0.717, 1.165) is 16.0 Å². The predicted octanol–water partition coefficient (Wildman–Crippen LogP) is 4.04. The standard InChI is InChI=1S/C20H21N3O4S2/c1-3-27-11-10-22-17-9-6-15(23(25)26)13-18(17)29-20(22)21-19(24)12-14-4-7-16(28-2)8-5-14/h4-9,13H,3,10-12H2,1-2H3. The molecule has 0 aliphatic heterocycles. The van der Waals surface area contributed by atoms with E-state index in [4.69, 9.17) is 4.74 Å². The van der Waals surface area contributed by atoms with Gasteiger partial charge in [-0.2, -0.15) is 4.99 Å². The number of hydrogen-bond acceptors (Lipinski definition) is 6. The number of carbonyl (C=O) groups excluding carboxylic acids is 1. The normalized spacial score (nSPS) is 11.9. The lowest BCUT2D eigenvalue weighted by molar-refractivity contribution is -0.384. The van der Waals surface area contributed by atoms with E-state index in [1.165, 1.54) is 23.5 Å². The van der Waals surface area contributed by atoms with Crippen molar-refractivity contribution in [3.63, 3.8) is 0 Å². The van der Waals surface area contributed by atoms with Crippen molar-refractivity contribution in [2.75, 3.05) is 19.5 Å². The summed E-state index contributed by atoms with van der Waals surface area (Å²) in [6, 6.07) is 12.5. The van der Waals surface area contributed by atoms with Gasteiger partial charge in [-0.3, -0.25) is 14.9 Å². The van der Waals surface area contributed by atoms with Crippen molar-refractivity contribution < 1.29 is 14.5 Å². The number of thioether (sulfide) groups is 1. The first-order valence-electron chi connectivity index (χ1n) is 9.08. The zero-order valence-corrected chi connectivity index (χ0v) is 17.8. The average molecular weight is 432 g/mol. The van der Waals surface area contributed by atoms with Gasteiger partial charge in [-0.05, 0) is 36.9 Å². The van der Waals surface area contributed by atoms with Gasteiger partial charge in [0.2, 0.25) is 0 Å². The number of nitrogens with zero attached hydrogens (tertiary/aromatic N) is 3. The molecule has 2 aromatic carbocycles. The number of rotatable bonds is 8. The molecule has 1 aromatic heterocycles. The van der Waals surface area contributed by atoms with Crippen LogP contribution in [-0.4, -0.2) is 34.9 Å². The van der Waals surface area contributed by atoms with Gasteiger partial charge < -0.3 is 9.30 Å². The molecule has 0 unspecified atom stereocenters. The fourth-order valence-corrected chi connectivity index (χ4v) is 4.36. The first-order valence-corrected chi connectivity index (χ1v) is 11.1. The summed E-state index contributed by atoms with van der Waals surface area (Å²) in [5.74, 6) is -0.256. The first-order chi connectivity index (χ1) is 14.0. The molecule has 0 spiro atoms. The Morgan fingerprint density at radius 1 is 1.28 bits per heavy atom. The van der Waals surface area contributed by atoms with Gasteiger partial charge in [0, 0.05) is 30.2 Å². The van der Waals surface area contributed by atoms with Gasteiger partial charge >= 0.3 is 0 Å². The number of non-ortho nitro benzene ring substituents is 1. The molecule has 7 nitrogen and oxygen atoms in total. The van der Waals surface area contributed by atoms with Crippen LogP contribution in [0.25, 0.3) is 10.2 Å². The molecular weight excluding hydrogens is 410 g/mol. The second-order valence-corrected chi connectivity index (χ2v) is 8.06. The lowest BCUT2D eigenvalue weighted by Crippen LogP contribution is -2.20. The van der Waals surface area contributed by atoms with Crippen molar-refractivity contribution in [1.29, 1.82) is 0 Å². The fraction of sp³-hybridized carbons (Fsp3) is 0.300. The Morgan fingerprint density at radius 2 is 2.03 bits per heavy atom. The molecular formula is C20H21N3O4S2. The minimum absolute atomic E-state index is 0.0162. The van der Waals surface area contributed by atoms with E-state index >= 15 is 0 Å². The summed E-state index contributed by atoms with van der Waals surface area (Å²) in [4.78, 5) is 29.2.